The van der Waals surface area contributed by atoms with Crippen molar-refractivity contribution < 1.29 is 14.3 Å². The van der Waals surface area contributed by atoms with E-state index in [-0.39, 0.29) is 6.61 Å². The summed E-state index contributed by atoms with van der Waals surface area (Å²) in [6.07, 6.45) is 0. The number of ether oxygens (including phenoxy) is 2. The fraction of sp³-hybridized carbons (Fsp3) is 0.238. The van der Waals surface area contributed by atoms with Crippen LogP contribution in [0.1, 0.15) is 31.0 Å². The number of aromatic nitrogens is 4. The molecule has 1 aromatic heterocycles. The van der Waals surface area contributed by atoms with Gasteiger partial charge in [-0.3, -0.25) is 4.79 Å². The summed E-state index contributed by atoms with van der Waals surface area (Å²) >= 11 is 9.84. The second-order valence-corrected chi connectivity index (χ2v) is 8.28. The van der Waals surface area contributed by atoms with Crippen molar-refractivity contribution in [3.05, 3.63) is 68.3 Å². The highest BCUT2D eigenvalue weighted by atomic mass is 79.9. The average molecular weight is 520 g/mol. The predicted octanol–water partition coefficient (Wildman–Crippen LogP) is 3.84. The lowest BCUT2D eigenvalue weighted by Crippen LogP contribution is -2.32. The molecule has 2 heterocycles. The van der Waals surface area contributed by atoms with Crippen LogP contribution in [0.25, 0.3) is 0 Å². The quantitative estimate of drug-likeness (QED) is 0.487. The van der Waals surface area contributed by atoms with E-state index in [0.29, 0.717) is 50.4 Å². The highest BCUT2D eigenvalue weighted by molar-refractivity contribution is 9.10. The highest BCUT2D eigenvalue weighted by Crippen LogP contribution is 2.42. The Morgan fingerprint density at radius 2 is 2.09 bits per heavy atom. The van der Waals surface area contributed by atoms with Crippen molar-refractivity contribution in [2.75, 3.05) is 11.9 Å². The smallest absolute Gasteiger partial charge is 0.248 e. The predicted molar refractivity (Wildman–Crippen MR) is 123 cm³/mol. The molecule has 0 saturated carbocycles. The number of nitrogens with zero attached hydrogens (tertiary/aromatic N) is 4. The van der Waals surface area contributed by atoms with Gasteiger partial charge in [-0.25, -0.2) is 0 Å². The Labute approximate surface area is 197 Å². The molecule has 1 aliphatic heterocycles. The molecule has 0 bridgehead atoms. The number of carbonyl (C=O) groups is 1. The summed E-state index contributed by atoms with van der Waals surface area (Å²) in [4.78, 5) is 12.3. The number of hydrogen-bond donors (Lipinski definition) is 2. The summed E-state index contributed by atoms with van der Waals surface area (Å²) < 4.78 is 14.1. The number of tetrazole rings is 1. The third-order valence-electron chi connectivity index (χ3n) is 4.96. The van der Waals surface area contributed by atoms with Gasteiger partial charge in [0.05, 0.1) is 16.7 Å². The van der Waals surface area contributed by atoms with Crippen LogP contribution < -0.4 is 20.5 Å². The average Bonchev–Trinajstić information content (AvgIpc) is 3.21. The lowest BCUT2D eigenvalue weighted by molar-refractivity contribution is -0.115. The Kier molecular flexibility index (Phi) is 6.33. The van der Waals surface area contributed by atoms with Gasteiger partial charge in [-0.2, -0.15) is 4.68 Å². The van der Waals surface area contributed by atoms with Crippen LogP contribution in [0.3, 0.4) is 0 Å². The minimum Gasteiger partial charge on any atom is -0.490 e. The van der Waals surface area contributed by atoms with E-state index in [4.69, 9.17) is 26.8 Å². The van der Waals surface area contributed by atoms with Crippen LogP contribution in [-0.4, -0.2) is 32.7 Å². The number of nitrogens with one attached hydrogen (secondary N) is 1. The molecule has 0 spiro atoms. The van der Waals surface area contributed by atoms with E-state index < -0.39 is 11.9 Å². The fourth-order valence-corrected chi connectivity index (χ4v) is 4.32. The molecular weight excluding hydrogens is 500 g/mol. The van der Waals surface area contributed by atoms with E-state index in [2.05, 4.69) is 36.8 Å². The van der Waals surface area contributed by atoms with Gasteiger partial charge in [0, 0.05) is 16.3 Å². The van der Waals surface area contributed by atoms with Crippen molar-refractivity contribution in [2.24, 2.45) is 5.73 Å². The monoisotopic (exact) mass is 518 g/mol. The van der Waals surface area contributed by atoms with Crippen molar-refractivity contribution in [1.82, 2.24) is 20.2 Å². The highest BCUT2D eigenvalue weighted by Gasteiger charge is 2.34. The normalized spacial score (nSPS) is 15.2. The molecule has 1 atom stereocenters. The molecule has 0 aliphatic carbocycles. The van der Waals surface area contributed by atoms with E-state index >= 15 is 0 Å². The molecule has 1 aliphatic rings. The van der Waals surface area contributed by atoms with Crippen LogP contribution in [-0.2, 0) is 11.4 Å². The number of fused-ring (bicyclic) bond motifs is 1. The van der Waals surface area contributed by atoms with Gasteiger partial charge in [-0.05, 0) is 64.0 Å². The van der Waals surface area contributed by atoms with E-state index in [9.17, 15) is 4.79 Å². The topological polar surface area (TPSA) is 117 Å². The first-order chi connectivity index (χ1) is 15.4. The largest absolute Gasteiger partial charge is 0.490 e. The van der Waals surface area contributed by atoms with E-state index in [1.807, 2.05) is 37.3 Å². The third kappa shape index (κ3) is 4.15. The number of rotatable bonds is 7. The van der Waals surface area contributed by atoms with Crippen LogP contribution in [0.2, 0.25) is 5.02 Å². The molecule has 9 nitrogen and oxygen atoms in total. The summed E-state index contributed by atoms with van der Waals surface area (Å²) in [6.45, 7) is 4.30. The molecule has 32 heavy (non-hydrogen) atoms. The molecular formula is C21H20BrClN6O3. The van der Waals surface area contributed by atoms with E-state index in [1.54, 1.807) is 13.0 Å². The fourth-order valence-electron chi connectivity index (χ4n) is 3.55. The zero-order chi connectivity index (χ0) is 22.8. The van der Waals surface area contributed by atoms with Crippen molar-refractivity contribution in [1.29, 1.82) is 0 Å². The zero-order valence-corrected chi connectivity index (χ0v) is 19.6. The minimum absolute atomic E-state index is 0.258. The van der Waals surface area contributed by atoms with Crippen LogP contribution in [0.5, 0.6) is 11.5 Å². The van der Waals surface area contributed by atoms with Crippen molar-refractivity contribution in [2.45, 2.75) is 26.5 Å². The maximum Gasteiger partial charge on any atom is 0.248 e. The van der Waals surface area contributed by atoms with Gasteiger partial charge < -0.3 is 20.5 Å². The maximum atomic E-state index is 12.3. The van der Waals surface area contributed by atoms with Crippen LogP contribution in [0, 0.1) is 0 Å². The molecule has 166 valence electrons. The Bertz CT molecular complexity index is 1210. The van der Waals surface area contributed by atoms with Crippen LogP contribution in [0.15, 0.2) is 52.1 Å². The molecule has 1 amide bonds. The van der Waals surface area contributed by atoms with E-state index in [0.717, 1.165) is 5.56 Å². The zero-order valence-electron chi connectivity index (χ0n) is 17.3. The molecule has 11 heteroatoms. The van der Waals surface area contributed by atoms with E-state index in [1.165, 1.54) is 4.68 Å². The van der Waals surface area contributed by atoms with Gasteiger partial charge in [0.25, 0.3) is 0 Å². The number of carbonyl (C=O) groups excluding carboxylic acids is 1. The van der Waals surface area contributed by atoms with Crippen LogP contribution >= 0.6 is 27.5 Å². The Balaban J connectivity index is 1.76. The Morgan fingerprint density at radius 1 is 1.31 bits per heavy atom. The molecule has 3 N–H and O–H groups in total. The molecule has 0 fully saturated rings. The first-order valence-corrected chi connectivity index (χ1v) is 11.0. The number of allylic oxidation sites excluding steroid dienone is 1. The number of primary amides is 1. The molecule has 3 aromatic rings. The molecule has 2 aromatic carbocycles. The summed E-state index contributed by atoms with van der Waals surface area (Å²) in [6, 6.07) is 10.5. The number of halogens is 2. The molecule has 4 rings (SSSR count). The maximum absolute atomic E-state index is 12.3. The van der Waals surface area contributed by atoms with Gasteiger partial charge >= 0.3 is 0 Å². The van der Waals surface area contributed by atoms with Crippen molar-refractivity contribution in [3.8, 4) is 11.5 Å². The Hall–Kier alpha value is -3.11. The number of hydrogen-bond acceptors (Lipinski definition) is 7. The minimum atomic E-state index is -0.633. The van der Waals surface area contributed by atoms with Gasteiger partial charge in [0.1, 0.15) is 12.6 Å². The second-order valence-electron chi connectivity index (χ2n) is 7.02. The number of benzene rings is 2. The molecule has 0 radical (unpaired) electrons. The second kappa shape index (κ2) is 9.17. The summed E-state index contributed by atoms with van der Waals surface area (Å²) in [5.41, 5.74) is 8.18. The standard InChI is InChI=1S/C21H20BrClN6O3/c1-3-31-16-9-13(8-14(22)19(16)32-10-12-6-4-5-7-15(12)23)18-17(20(24)30)11(2)25-21-26-27-28-29(18)21/h4-9,18H,3,10H2,1-2H3,(H2,24,30)(H,25,26,28). The number of anilines is 1. The SMILES string of the molecule is CCOc1cc(C2C(C(N)=O)=C(C)Nc3nnnn32)cc(Br)c1OCc1ccccc1Cl. The summed E-state index contributed by atoms with van der Waals surface area (Å²) in [5, 5.41) is 15.4. The first kappa shape index (κ1) is 22.1. The summed E-state index contributed by atoms with van der Waals surface area (Å²) in [5.74, 6) is 0.848. The number of amides is 1. The molecule has 1 unspecified atom stereocenters. The Morgan fingerprint density at radius 3 is 2.81 bits per heavy atom. The summed E-state index contributed by atoms with van der Waals surface area (Å²) in [7, 11) is 0. The van der Waals surface area contributed by atoms with Gasteiger partial charge in [0.2, 0.25) is 11.9 Å². The van der Waals surface area contributed by atoms with Crippen LogP contribution in [0.4, 0.5) is 5.95 Å². The van der Waals surface area contributed by atoms with Gasteiger partial charge in [-0.1, -0.05) is 34.9 Å². The van der Waals surface area contributed by atoms with Crippen molar-refractivity contribution in [3.63, 3.8) is 0 Å². The third-order valence-corrected chi connectivity index (χ3v) is 5.91. The number of nitrogens with two attached hydrogens (primary N) is 1. The first-order valence-electron chi connectivity index (χ1n) is 9.78. The lowest BCUT2D eigenvalue weighted by Gasteiger charge is -2.27. The van der Waals surface area contributed by atoms with Gasteiger partial charge in [-0.15, -0.1) is 0 Å². The lowest BCUT2D eigenvalue weighted by atomic mass is 9.95. The van der Waals surface area contributed by atoms with Crippen molar-refractivity contribution >= 4 is 39.4 Å². The molecule has 0 saturated heterocycles. The van der Waals surface area contributed by atoms with Gasteiger partial charge in [0.15, 0.2) is 11.5 Å².